The van der Waals surface area contributed by atoms with Gasteiger partial charge in [0.05, 0.1) is 0 Å². The summed E-state index contributed by atoms with van der Waals surface area (Å²) in [5, 5.41) is 0. The highest BCUT2D eigenvalue weighted by Gasteiger charge is 2.30. The first kappa shape index (κ1) is 8.46. The van der Waals surface area contributed by atoms with Gasteiger partial charge in [-0.1, -0.05) is 13.8 Å². The molecule has 0 radical (unpaired) electrons. The molecule has 0 bridgehead atoms. The van der Waals surface area contributed by atoms with Gasteiger partial charge in [-0.3, -0.25) is 0 Å². The van der Waals surface area contributed by atoms with Crippen LogP contribution in [0.15, 0.2) is 0 Å². The summed E-state index contributed by atoms with van der Waals surface area (Å²) < 4.78 is 13.1. The number of hydrogen-bond acceptors (Lipinski definition) is 0. The van der Waals surface area contributed by atoms with E-state index in [0.717, 1.165) is 6.42 Å². The van der Waals surface area contributed by atoms with Gasteiger partial charge in [0, 0.05) is 0 Å². The van der Waals surface area contributed by atoms with Crippen LogP contribution in [0.4, 0.5) is 4.39 Å². The molecule has 2 heteroatoms. The van der Waals surface area contributed by atoms with Crippen molar-refractivity contribution >= 4 is 9.24 Å². The minimum absolute atomic E-state index is 0.251. The van der Waals surface area contributed by atoms with Crippen molar-refractivity contribution in [2.75, 3.05) is 0 Å². The molecule has 0 aromatic heterocycles. The second-order valence-corrected chi connectivity index (χ2v) is 4.47. The van der Waals surface area contributed by atoms with Gasteiger partial charge in [-0.05, 0) is 30.3 Å². The Balaban J connectivity index is 2.49. The minimum atomic E-state index is -0.564. The van der Waals surface area contributed by atoms with E-state index < -0.39 is 6.17 Å². The van der Waals surface area contributed by atoms with Crippen LogP contribution in [0.3, 0.4) is 0 Å². The van der Waals surface area contributed by atoms with Crippen molar-refractivity contribution in [3.05, 3.63) is 0 Å². The van der Waals surface area contributed by atoms with Crippen molar-refractivity contribution in [1.82, 2.24) is 0 Å². The van der Waals surface area contributed by atoms with E-state index in [9.17, 15) is 4.39 Å². The fraction of sp³-hybridized carbons (Fsp3) is 1.00. The van der Waals surface area contributed by atoms with Gasteiger partial charge in [0.15, 0.2) is 0 Å². The van der Waals surface area contributed by atoms with Gasteiger partial charge in [-0.25, -0.2) is 4.39 Å². The highest BCUT2D eigenvalue weighted by Crippen LogP contribution is 2.35. The topological polar surface area (TPSA) is 0 Å². The van der Waals surface area contributed by atoms with Gasteiger partial charge in [-0.2, -0.15) is 0 Å². The van der Waals surface area contributed by atoms with E-state index in [0.29, 0.717) is 11.6 Å². The molecule has 1 rings (SSSR count). The molecule has 0 N–H and O–H groups in total. The summed E-state index contributed by atoms with van der Waals surface area (Å²) in [4.78, 5) is 0. The molecule has 60 valence electrons. The summed E-state index contributed by atoms with van der Waals surface area (Å²) in [7, 11) is 2.75. The predicted octanol–water partition coefficient (Wildman–Crippen LogP) is 2.63. The first-order valence-corrected chi connectivity index (χ1v) is 4.67. The molecule has 0 spiro atoms. The van der Waals surface area contributed by atoms with Crippen LogP contribution in [0.1, 0.15) is 26.7 Å². The van der Waals surface area contributed by atoms with Crippen molar-refractivity contribution in [2.45, 2.75) is 38.5 Å². The third kappa shape index (κ3) is 1.69. The number of rotatable bonds is 0. The van der Waals surface area contributed by atoms with Crippen molar-refractivity contribution in [3.8, 4) is 0 Å². The predicted molar refractivity (Wildman–Crippen MR) is 46.0 cm³/mol. The summed E-state index contributed by atoms with van der Waals surface area (Å²) in [6, 6.07) is 0. The zero-order chi connectivity index (χ0) is 7.72. The van der Waals surface area contributed by atoms with E-state index in [-0.39, 0.29) is 5.92 Å². The molecule has 5 unspecified atom stereocenters. The Labute approximate surface area is 64.8 Å². The molecule has 5 atom stereocenters. The largest absolute Gasteiger partial charge is 0.247 e. The number of alkyl halides is 1. The lowest BCUT2D eigenvalue weighted by Gasteiger charge is -2.32. The molecule has 1 aliphatic carbocycles. The van der Waals surface area contributed by atoms with E-state index in [4.69, 9.17) is 0 Å². The molecule has 10 heavy (non-hydrogen) atoms. The van der Waals surface area contributed by atoms with Crippen LogP contribution >= 0.6 is 9.24 Å². The van der Waals surface area contributed by atoms with E-state index in [1.807, 2.05) is 6.92 Å². The second kappa shape index (κ2) is 3.17. The normalized spacial score (nSPS) is 49.2. The SMILES string of the molecule is CC1CC(F)C(C)C(P)C1. The summed E-state index contributed by atoms with van der Waals surface area (Å²) in [6.07, 6.45) is 1.38. The Kier molecular flexibility index (Phi) is 2.68. The Morgan fingerprint density at radius 1 is 1.30 bits per heavy atom. The zero-order valence-electron chi connectivity index (χ0n) is 6.68. The molecule has 0 saturated heterocycles. The van der Waals surface area contributed by atoms with Crippen molar-refractivity contribution in [1.29, 1.82) is 0 Å². The van der Waals surface area contributed by atoms with Gasteiger partial charge >= 0.3 is 0 Å². The van der Waals surface area contributed by atoms with Gasteiger partial charge in [0.1, 0.15) is 6.17 Å². The lowest BCUT2D eigenvalue weighted by molar-refractivity contribution is 0.150. The van der Waals surface area contributed by atoms with Crippen LogP contribution < -0.4 is 0 Å². The Hall–Kier alpha value is 0.360. The second-order valence-electron chi connectivity index (χ2n) is 3.62. The molecule has 1 aliphatic rings. The van der Waals surface area contributed by atoms with Crippen LogP contribution in [0, 0.1) is 11.8 Å². The van der Waals surface area contributed by atoms with E-state index in [2.05, 4.69) is 16.2 Å². The molecule has 0 aromatic carbocycles. The Morgan fingerprint density at radius 3 is 2.40 bits per heavy atom. The third-order valence-electron chi connectivity index (χ3n) is 2.55. The molecule has 0 heterocycles. The fourth-order valence-electron chi connectivity index (χ4n) is 1.64. The smallest absolute Gasteiger partial charge is 0.103 e. The maximum Gasteiger partial charge on any atom is 0.103 e. The summed E-state index contributed by atoms with van der Waals surface area (Å²) in [5.74, 6) is 0.829. The molecule has 0 nitrogen and oxygen atoms in total. The minimum Gasteiger partial charge on any atom is -0.247 e. The van der Waals surface area contributed by atoms with Crippen molar-refractivity contribution in [2.24, 2.45) is 11.8 Å². The van der Waals surface area contributed by atoms with Crippen LogP contribution in [0.25, 0.3) is 0 Å². The Bertz CT molecular complexity index is 104. The zero-order valence-corrected chi connectivity index (χ0v) is 7.83. The molecule has 1 fully saturated rings. The molecular formula is C8H16FP. The molecule has 0 aromatic rings. The molecule has 1 saturated carbocycles. The van der Waals surface area contributed by atoms with E-state index in [1.54, 1.807) is 0 Å². The first-order chi connectivity index (χ1) is 4.61. The van der Waals surface area contributed by atoms with Crippen LogP contribution in [-0.2, 0) is 0 Å². The summed E-state index contributed by atoms with van der Waals surface area (Å²) in [5.41, 5.74) is 0.499. The fourth-order valence-corrected chi connectivity index (χ4v) is 2.35. The van der Waals surface area contributed by atoms with Gasteiger partial charge < -0.3 is 0 Å². The van der Waals surface area contributed by atoms with Crippen molar-refractivity contribution in [3.63, 3.8) is 0 Å². The first-order valence-electron chi connectivity index (χ1n) is 4.01. The third-order valence-corrected chi connectivity index (χ3v) is 3.43. The molecule has 0 amide bonds. The van der Waals surface area contributed by atoms with Crippen LogP contribution in [0.2, 0.25) is 0 Å². The summed E-state index contributed by atoms with van der Waals surface area (Å²) >= 11 is 0. The highest BCUT2D eigenvalue weighted by atomic mass is 31.0. The maximum atomic E-state index is 13.1. The lowest BCUT2D eigenvalue weighted by atomic mass is 9.82. The van der Waals surface area contributed by atoms with Crippen LogP contribution in [0.5, 0.6) is 0 Å². The van der Waals surface area contributed by atoms with Crippen molar-refractivity contribution < 1.29 is 4.39 Å². The average molecular weight is 162 g/mol. The van der Waals surface area contributed by atoms with E-state index >= 15 is 0 Å². The van der Waals surface area contributed by atoms with Gasteiger partial charge in [0.2, 0.25) is 0 Å². The standard InChI is InChI=1S/C8H16FP/c1-5-3-7(9)6(2)8(10)4-5/h5-8H,3-4,10H2,1-2H3. The monoisotopic (exact) mass is 162 g/mol. The van der Waals surface area contributed by atoms with E-state index in [1.165, 1.54) is 6.42 Å². The lowest BCUT2D eigenvalue weighted by Crippen LogP contribution is -2.31. The number of halogens is 1. The summed E-state index contributed by atoms with van der Waals surface area (Å²) in [6.45, 7) is 4.14. The quantitative estimate of drug-likeness (QED) is 0.480. The van der Waals surface area contributed by atoms with Crippen LogP contribution in [-0.4, -0.2) is 11.8 Å². The van der Waals surface area contributed by atoms with Gasteiger partial charge in [0.25, 0.3) is 0 Å². The highest BCUT2D eigenvalue weighted by molar-refractivity contribution is 7.17. The van der Waals surface area contributed by atoms with Gasteiger partial charge in [-0.15, -0.1) is 9.24 Å². The number of hydrogen-bond donors (Lipinski definition) is 0. The molecule has 0 aliphatic heterocycles. The Morgan fingerprint density at radius 2 is 1.90 bits per heavy atom. The molecular weight excluding hydrogens is 146 g/mol. The maximum absolute atomic E-state index is 13.1. The average Bonchev–Trinajstić information content (AvgIpc) is 1.82.